The predicted octanol–water partition coefficient (Wildman–Crippen LogP) is 3.14. The van der Waals surface area contributed by atoms with E-state index in [1.54, 1.807) is 11.9 Å². The second-order valence-corrected chi connectivity index (χ2v) is 3.82. The summed E-state index contributed by atoms with van der Waals surface area (Å²) in [5.74, 6) is 0. The molecule has 0 aromatic rings. The van der Waals surface area contributed by atoms with Gasteiger partial charge in [-0.05, 0) is 54.7 Å². The van der Waals surface area contributed by atoms with Crippen molar-refractivity contribution in [3.05, 3.63) is 34.9 Å². The Morgan fingerprint density at radius 3 is 3.00 bits per heavy atom. The maximum Gasteiger partial charge on any atom is 0.0472 e. The SMILES string of the molecule is C1=CSNC(C2=CCCCC2)=C1. The van der Waals surface area contributed by atoms with E-state index in [9.17, 15) is 0 Å². The van der Waals surface area contributed by atoms with Gasteiger partial charge < -0.3 is 4.72 Å². The van der Waals surface area contributed by atoms with Gasteiger partial charge in [-0.1, -0.05) is 12.2 Å². The molecule has 1 aliphatic carbocycles. The molecule has 0 bridgehead atoms. The van der Waals surface area contributed by atoms with Crippen LogP contribution >= 0.6 is 11.9 Å². The molecule has 0 atom stereocenters. The monoisotopic (exact) mass is 179 g/mol. The minimum atomic E-state index is 1.24. The van der Waals surface area contributed by atoms with E-state index in [-0.39, 0.29) is 0 Å². The molecule has 1 N–H and O–H groups in total. The third-order valence-corrected chi connectivity index (χ3v) is 2.85. The van der Waals surface area contributed by atoms with Crippen molar-refractivity contribution in [1.82, 2.24) is 4.72 Å². The van der Waals surface area contributed by atoms with Crippen molar-refractivity contribution < 1.29 is 0 Å². The molecule has 0 saturated carbocycles. The molecule has 1 heterocycles. The average molecular weight is 179 g/mol. The smallest absolute Gasteiger partial charge is 0.0472 e. The number of hydrogen-bond donors (Lipinski definition) is 1. The lowest BCUT2D eigenvalue weighted by Gasteiger charge is -2.17. The van der Waals surface area contributed by atoms with Crippen LogP contribution in [0.3, 0.4) is 0 Å². The van der Waals surface area contributed by atoms with Crippen LogP contribution in [0.2, 0.25) is 0 Å². The van der Waals surface area contributed by atoms with Crippen molar-refractivity contribution >= 4 is 11.9 Å². The highest BCUT2D eigenvalue weighted by Crippen LogP contribution is 2.25. The summed E-state index contributed by atoms with van der Waals surface area (Å²) in [7, 11) is 0. The Bertz CT molecular complexity index is 251. The average Bonchev–Trinajstić information content (AvgIpc) is 2.21. The van der Waals surface area contributed by atoms with Crippen molar-refractivity contribution in [2.45, 2.75) is 25.7 Å². The van der Waals surface area contributed by atoms with Crippen LogP contribution in [0.1, 0.15) is 25.7 Å². The Kier molecular flexibility index (Phi) is 2.57. The minimum Gasteiger partial charge on any atom is -0.326 e. The number of hydrogen-bond acceptors (Lipinski definition) is 2. The van der Waals surface area contributed by atoms with Gasteiger partial charge in [0.05, 0.1) is 0 Å². The first kappa shape index (κ1) is 7.99. The van der Waals surface area contributed by atoms with E-state index < -0.39 is 0 Å². The summed E-state index contributed by atoms with van der Waals surface area (Å²) >= 11 is 1.66. The number of rotatable bonds is 1. The van der Waals surface area contributed by atoms with E-state index >= 15 is 0 Å². The van der Waals surface area contributed by atoms with E-state index in [1.807, 2.05) is 0 Å². The number of allylic oxidation sites excluding steroid dienone is 4. The Hall–Kier alpha value is -0.630. The van der Waals surface area contributed by atoms with Gasteiger partial charge in [0.2, 0.25) is 0 Å². The zero-order chi connectivity index (χ0) is 8.23. The molecule has 64 valence electrons. The van der Waals surface area contributed by atoms with Gasteiger partial charge in [-0.3, -0.25) is 0 Å². The Morgan fingerprint density at radius 2 is 2.33 bits per heavy atom. The lowest BCUT2D eigenvalue weighted by atomic mass is 9.97. The van der Waals surface area contributed by atoms with Crippen LogP contribution < -0.4 is 4.72 Å². The van der Waals surface area contributed by atoms with Crippen LogP contribution in [-0.4, -0.2) is 0 Å². The maximum absolute atomic E-state index is 3.31. The molecule has 0 unspecified atom stereocenters. The zero-order valence-electron chi connectivity index (χ0n) is 7.05. The van der Waals surface area contributed by atoms with Crippen LogP contribution in [0.15, 0.2) is 34.9 Å². The van der Waals surface area contributed by atoms with Crippen LogP contribution in [0, 0.1) is 0 Å². The van der Waals surface area contributed by atoms with Crippen molar-refractivity contribution in [2.75, 3.05) is 0 Å². The second kappa shape index (κ2) is 3.85. The summed E-state index contributed by atoms with van der Waals surface area (Å²) in [5, 5.41) is 2.06. The summed E-state index contributed by atoms with van der Waals surface area (Å²) < 4.78 is 3.31. The third kappa shape index (κ3) is 1.75. The molecule has 1 nitrogen and oxygen atoms in total. The quantitative estimate of drug-likeness (QED) is 0.621. The van der Waals surface area contributed by atoms with Gasteiger partial charge >= 0.3 is 0 Å². The normalized spacial score (nSPS) is 22.7. The molecule has 0 aromatic heterocycles. The van der Waals surface area contributed by atoms with Gasteiger partial charge in [-0.15, -0.1) is 0 Å². The summed E-state index contributed by atoms with van der Waals surface area (Å²) in [5.41, 5.74) is 2.81. The van der Waals surface area contributed by atoms with Crippen molar-refractivity contribution in [2.24, 2.45) is 0 Å². The molecule has 0 amide bonds. The molecule has 2 heteroatoms. The van der Waals surface area contributed by atoms with E-state index in [1.165, 1.54) is 37.0 Å². The fourth-order valence-electron chi connectivity index (χ4n) is 1.56. The summed E-state index contributed by atoms with van der Waals surface area (Å²) in [6.45, 7) is 0. The third-order valence-electron chi connectivity index (χ3n) is 2.22. The molecule has 12 heavy (non-hydrogen) atoms. The first-order valence-corrected chi connectivity index (χ1v) is 5.33. The molecular formula is C10H13NS. The van der Waals surface area contributed by atoms with E-state index in [2.05, 4.69) is 28.4 Å². The molecule has 0 radical (unpaired) electrons. The molecule has 1 aliphatic heterocycles. The highest BCUT2D eigenvalue weighted by molar-refractivity contribution is 8.00. The van der Waals surface area contributed by atoms with Crippen molar-refractivity contribution in [1.29, 1.82) is 0 Å². The standard InChI is InChI=1S/C10H13NS/c1-2-5-9(6-3-1)10-7-4-8-12-11-10/h4-5,7-8,11H,1-3,6H2. The first-order valence-electron chi connectivity index (χ1n) is 4.45. The van der Waals surface area contributed by atoms with Crippen LogP contribution in [-0.2, 0) is 0 Å². The second-order valence-electron chi connectivity index (χ2n) is 3.10. The molecular weight excluding hydrogens is 166 g/mol. The molecule has 0 spiro atoms. The Balaban J connectivity index is 2.11. The predicted molar refractivity (Wildman–Crippen MR) is 54.5 cm³/mol. The van der Waals surface area contributed by atoms with Gasteiger partial charge in [0, 0.05) is 5.70 Å². The van der Waals surface area contributed by atoms with Crippen molar-refractivity contribution in [3.63, 3.8) is 0 Å². The van der Waals surface area contributed by atoms with Crippen molar-refractivity contribution in [3.8, 4) is 0 Å². The molecule has 2 rings (SSSR count). The Labute approximate surface area is 77.8 Å². The molecule has 0 aromatic carbocycles. The van der Waals surface area contributed by atoms with E-state index in [4.69, 9.17) is 0 Å². The summed E-state index contributed by atoms with van der Waals surface area (Å²) in [4.78, 5) is 0. The van der Waals surface area contributed by atoms with E-state index in [0.29, 0.717) is 0 Å². The largest absolute Gasteiger partial charge is 0.326 e. The van der Waals surface area contributed by atoms with Gasteiger partial charge in [-0.25, -0.2) is 0 Å². The topological polar surface area (TPSA) is 12.0 Å². The fourth-order valence-corrected chi connectivity index (χ4v) is 2.11. The van der Waals surface area contributed by atoms with Crippen LogP contribution in [0.4, 0.5) is 0 Å². The molecule has 0 fully saturated rings. The summed E-state index contributed by atoms with van der Waals surface area (Å²) in [6.07, 6.45) is 11.8. The van der Waals surface area contributed by atoms with Gasteiger partial charge in [0.1, 0.15) is 0 Å². The zero-order valence-corrected chi connectivity index (χ0v) is 7.86. The highest BCUT2D eigenvalue weighted by atomic mass is 32.2. The van der Waals surface area contributed by atoms with Gasteiger partial charge in [0.15, 0.2) is 0 Å². The fraction of sp³-hybridized carbons (Fsp3) is 0.400. The first-order chi connectivity index (χ1) is 5.97. The summed E-state index contributed by atoms with van der Waals surface area (Å²) in [6, 6.07) is 0. The van der Waals surface area contributed by atoms with Gasteiger partial charge in [0.25, 0.3) is 0 Å². The van der Waals surface area contributed by atoms with Crippen LogP contribution in [0.5, 0.6) is 0 Å². The lowest BCUT2D eigenvalue weighted by Crippen LogP contribution is -2.08. The minimum absolute atomic E-state index is 1.24. The Morgan fingerprint density at radius 1 is 1.33 bits per heavy atom. The number of nitrogens with one attached hydrogen (secondary N) is 1. The lowest BCUT2D eigenvalue weighted by molar-refractivity contribution is 0.702. The molecule has 2 aliphatic rings. The van der Waals surface area contributed by atoms with E-state index in [0.717, 1.165) is 0 Å². The molecule has 0 saturated heterocycles. The highest BCUT2D eigenvalue weighted by Gasteiger charge is 2.08. The van der Waals surface area contributed by atoms with Crippen LogP contribution in [0.25, 0.3) is 0 Å². The van der Waals surface area contributed by atoms with Gasteiger partial charge in [-0.2, -0.15) is 0 Å². The maximum atomic E-state index is 3.31.